The lowest BCUT2D eigenvalue weighted by molar-refractivity contribution is 0.324. The number of hydrogen-bond donors (Lipinski definition) is 0. The summed E-state index contributed by atoms with van der Waals surface area (Å²) in [6.07, 6.45) is 0. The molecular formula is C11H10N2O. The second kappa shape index (κ2) is 3.51. The number of hydrogen-bond acceptors (Lipinski definition) is 3. The van der Waals surface area contributed by atoms with Crippen molar-refractivity contribution in [2.24, 2.45) is 4.99 Å². The summed E-state index contributed by atoms with van der Waals surface area (Å²) in [7, 11) is 0. The smallest absolute Gasteiger partial charge is 0.216 e. The molecule has 0 spiro atoms. The Kier molecular flexibility index (Phi) is 2.19. The molecule has 3 heteroatoms. The standard InChI is InChI=1S/C11H10N2O/c1-8-7-14-11(13-8)10-4-2-9(6-12)3-5-10/h2-5,8H,7H2,1H3. The molecule has 3 nitrogen and oxygen atoms in total. The van der Waals surface area contributed by atoms with E-state index in [1.54, 1.807) is 12.1 Å². The molecule has 0 aromatic heterocycles. The second-order valence-electron chi connectivity index (χ2n) is 3.28. The van der Waals surface area contributed by atoms with Crippen LogP contribution in [-0.4, -0.2) is 18.5 Å². The molecule has 0 fully saturated rings. The Morgan fingerprint density at radius 2 is 2.14 bits per heavy atom. The Hall–Kier alpha value is -1.82. The molecule has 1 aliphatic rings. The quantitative estimate of drug-likeness (QED) is 0.670. The summed E-state index contributed by atoms with van der Waals surface area (Å²) in [5.41, 5.74) is 1.59. The summed E-state index contributed by atoms with van der Waals surface area (Å²) in [6, 6.07) is 9.56. The van der Waals surface area contributed by atoms with E-state index in [1.807, 2.05) is 19.1 Å². The van der Waals surface area contributed by atoms with Gasteiger partial charge < -0.3 is 4.74 Å². The Bertz CT molecular complexity index is 400. The van der Waals surface area contributed by atoms with Crippen LogP contribution in [0.5, 0.6) is 0 Å². The molecule has 14 heavy (non-hydrogen) atoms. The first-order valence-corrected chi connectivity index (χ1v) is 4.51. The summed E-state index contributed by atoms with van der Waals surface area (Å²) in [5.74, 6) is 0.682. The van der Waals surface area contributed by atoms with Crippen LogP contribution in [0.4, 0.5) is 0 Å². The molecule has 0 aliphatic carbocycles. The third kappa shape index (κ3) is 1.60. The van der Waals surface area contributed by atoms with Crippen LogP contribution in [0.25, 0.3) is 0 Å². The van der Waals surface area contributed by atoms with Gasteiger partial charge in [0.05, 0.1) is 17.7 Å². The predicted octanol–water partition coefficient (Wildman–Crippen LogP) is 1.72. The zero-order valence-corrected chi connectivity index (χ0v) is 7.90. The van der Waals surface area contributed by atoms with Gasteiger partial charge in [-0.1, -0.05) is 0 Å². The zero-order valence-electron chi connectivity index (χ0n) is 7.90. The fourth-order valence-electron chi connectivity index (χ4n) is 1.32. The van der Waals surface area contributed by atoms with Crippen molar-refractivity contribution in [3.63, 3.8) is 0 Å². The van der Waals surface area contributed by atoms with E-state index in [0.29, 0.717) is 18.1 Å². The van der Waals surface area contributed by atoms with Gasteiger partial charge in [0, 0.05) is 5.56 Å². The first-order chi connectivity index (χ1) is 6.79. The molecule has 70 valence electrons. The number of nitrogens with zero attached hydrogens (tertiary/aromatic N) is 2. The van der Waals surface area contributed by atoms with Crippen LogP contribution in [0.2, 0.25) is 0 Å². The summed E-state index contributed by atoms with van der Waals surface area (Å²) in [6.45, 7) is 2.66. The maximum Gasteiger partial charge on any atom is 0.216 e. The van der Waals surface area contributed by atoms with Crippen molar-refractivity contribution in [2.75, 3.05) is 6.61 Å². The van der Waals surface area contributed by atoms with E-state index < -0.39 is 0 Å². The lowest BCUT2D eigenvalue weighted by atomic mass is 10.1. The van der Waals surface area contributed by atoms with Crippen molar-refractivity contribution in [1.82, 2.24) is 0 Å². The number of aliphatic imine (C=N–C) groups is 1. The molecule has 0 N–H and O–H groups in total. The molecule has 0 bridgehead atoms. The average molecular weight is 186 g/mol. The van der Waals surface area contributed by atoms with E-state index in [9.17, 15) is 0 Å². The van der Waals surface area contributed by atoms with Crippen LogP contribution in [0, 0.1) is 11.3 Å². The van der Waals surface area contributed by atoms with E-state index in [1.165, 1.54) is 0 Å². The second-order valence-corrected chi connectivity index (χ2v) is 3.28. The fourth-order valence-corrected chi connectivity index (χ4v) is 1.32. The SMILES string of the molecule is CC1COC(c2ccc(C#N)cc2)=N1. The first-order valence-electron chi connectivity index (χ1n) is 4.51. The average Bonchev–Trinajstić information content (AvgIpc) is 2.65. The van der Waals surface area contributed by atoms with Gasteiger partial charge in [-0.15, -0.1) is 0 Å². The van der Waals surface area contributed by atoms with Crippen LogP contribution >= 0.6 is 0 Å². The van der Waals surface area contributed by atoms with E-state index in [-0.39, 0.29) is 6.04 Å². The van der Waals surface area contributed by atoms with Gasteiger partial charge in [-0.3, -0.25) is 0 Å². The van der Waals surface area contributed by atoms with E-state index in [4.69, 9.17) is 10.00 Å². The lowest BCUT2D eigenvalue weighted by Gasteiger charge is -2.00. The highest BCUT2D eigenvalue weighted by atomic mass is 16.5. The maximum atomic E-state index is 8.62. The van der Waals surface area contributed by atoms with Crippen LogP contribution < -0.4 is 0 Å². The molecule has 0 amide bonds. The van der Waals surface area contributed by atoms with E-state index in [2.05, 4.69) is 11.1 Å². The number of benzene rings is 1. The normalized spacial score (nSPS) is 19.7. The predicted molar refractivity (Wildman–Crippen MR) is 53.1 cm³/mol. The van der Waals surface area contributed by atoms with Crippen molar-refractivity contribution in [3.05, 3.63) is 35.4 Å². The van der Waals surface area contributed by atoms with Gasteiger partial charge in [0.1, 0.15) is 6.61 Å². The molecule has 1 aliphatic heterocycles. The van der Waals surface area contributed by atoms with Gasteiger partial charge in [-0.05, 0) is 31.2 Å². The van der Waals surface area contributed by atoms with Gasteiger partial charge in [-0.2, -0.15) is 5.26 Å². The first kappa shape index (κ1) is 8.76. The van der Waals surface area contributed by atoms with Crippen molar-refractivity contribution in [3.8, 4) is 6.07 Å². The summed E-state index contributed by atoms with van der Waals surface area (Å²) in [5, 5.41) is 8.62. The van der Waals surface area contributed by atoms with Gasteiger partial charge in [-0.25, -0.2) is 4.99 Å². The highest BCUT2D eigenvalue weighted by molar-refractivity contribution is 5.95. The largest absolute Gasteiger partial charge is 0.475 e. The number of nitriles is 1. The van der Waals surface area contributed by atoms with Crippen molar-refractivity contribution < 1.29 is 4.74 Å². The Morgan fingerprint density at radius 1 is 1.43 bits per heavy atom. The minimum Gasteiger partial charge on any atom is -0.475 e. The van der Waals surface area contributed by atoms with Gasteiger partial charge in [0.25, 0.3) is 0 Å². The summed E-state index contributed by atoms with van der Waals surface area (Å²) in [4.78, 5) is 4.33. The molecule has 0 saturated carbocycles. The Morgan fingerprint density at radius 3 is 2.64 bits per heavy atom. The molecule has 2 rings (SSSR count). The highest BCUT2D eigenvalue weighted by Crippen LogP contribution is 2.12. The molecular weight excluding hydrogens is 176 g/mol. The van der Waals surface area contributed by atoms with Crippen molar-refractivity contribution in [1.29, 1.82) is 5.26 Å². The molecule has 0 radical (unpaired) electrons. The highest BCUT2D eigenvalue weighted by Gasteiger charge is 2.15. The van der Waals surface area contributed by atoms with E-state index >= 15 is 0 Å². The summed E-state index contributed by atoms with van der Waals surface area (Å²) < 4.78 is 5.39. The molecule has 1 aromatic carbocycles. The van der Waals surface area contributed by atoms with Crippen molar-refractivity contribution in [2.45, 2.75) is 13.0 Å². The minimum absolute atomic E-state index is 0.237. The zero-order chi connectivity index (χ0) is 9.97. The van der Waals surface area contributed by atoms with Crippen LogP contribution in [0.1, 0.15) is 18.1 Å². The minimum atomic E-state index is 0.237. The fraction of sp³-hybridized carbons (Fsp3) is 0.273. The molecule has 1 unspecified atom stereocenters. The van der Waals surface area contributed by atoms with Crippen LogP contribution in [-0.2, 0) is 4.74 Å². The topological polar surface area (TPSA) is 45.4 Å². The van der Waals surface area contributed by atoms with Crippen molar-refractivity contribution >= 4 is 5.90 Å². The monoisotopic (exact) mass is 186 g/mol. The summed E-state index contributed by atoms with van der Waals surface area (Å²) >= 11 is 0. The third-order valence-electron chi connectivity index (χ3n) is 2.06. The number of ether oxygens (including phenoxy) is 1. The molecule has 1 heterocycles. The van der Waals surface area contributed by atoms with E-state index in [0.717, 1.165) is 5.56 Å². The van der Waals surface area contributed by atoms with Crippen LogP contribution in [0.15, 0.2) is 29.3 Å². The Labute approximate surface area is 82.7 Å². The third-order valence-corrected chi connectivity index (χ3v) is 2.06. The van der Waals surface area contributed by atoms with Gasteiger partial charge in [0.15, 0.2) is 0 Å². The maximum absolute atomic E-state index is 8.62. The van der Waals surface area contributed by atoms with Gasteiger partial charge >= 0.3 is 0 Å². The molecule has 1 aromatic rings. The molecule has 1 atom stereocenters. The Balaban J connectivity index is 2.26. The van der Waals surface area contributed by atoms with Crippen LogP contribution in [0.3, 0.4) is 0 Å². The lowest BCUT2D eigenvalue weighted by Crippen LogP contribution is -2.01. The van der Waals surface area contributed by atoms with Gasteiger partial charge in [0.2, 0.25) is 5.90 Å². The number of rotatable bonds is 1. The molecule has 0 saturated heterocycles.